The van der Waals surface area contributed by atoms with Gasteiger partial charge >= 0.3 is 0 Å². The second-order valence-corrected chi connectivity index (χ2v) is 8.92. The summed E-state index contributed by atoms with van der Waals surface area (Å²) in [6.45, 7) is 6.33. The summed E-state index contributed by atoms with van der Waals surface area (Å²) >= 11 is 0. The van der Waals surface area contributed by atoms with Crippen LogP contribution in [-0.4, -0.2) is 12.5 Å². The van der Waals surface area contributed by atoms with Crippen LogP contribution in [0.1, 0.15) is 59.8 Å². The van der Waals surface area contributed by atoms with Crippen molar-refractivity contribution in [2.75, 3.05) is 11.4 Å². The number of nitrogens with zero attached hydrogens (tertiary/aromatic N) is 1. The quantitative estimate of drug-likeness (QED) is 0.504. The lowest BCUT2D eigenvalue weighted by molar-refractivity contribution is 0.0932. The summed E-state index contributed by atoms with van der Waals surface area (Å²) in [5.41, 5.74) is 5.88. The third-order valence-corrected chi connectivity index (χ3v) is 6.01. The molecule has 0 bridgehead atoms. The number of hydrogen-bond donors (Lipinski definition) is 1. The molecule has 3 aromatic carbocycles. The maximum atomic E-state index is 13.0. The number of rotatable bonds is 7. The number of nitrogens with one attached hydrogen (secondary N) is 1. The number of anilines is 1. The molecular weight excluding hydrogens is 380 g/mol. The highest BCUT2D eigenvalue weighted by Crippen LogP contribution is 2.28. The first-order valence-corrected chi connectivity index (χ1v) is 11.4. The summed E-state index contributed by atoms with van der Waals surface area (Å²) in [6, 6.07) is 27.1. The normalized spacial score (nSPS) is 14.2. The van der Waals surface area contributed by atoms with Crippen molar-refractivity contribution in [2.24, 2.45) is 5.92 Å². The second-order valence-electron chi connectivity index (χ2n) is 8.92. The molecule has 1 aliphatic rings. The summed E-state index contributed by atoms with van der Waals surface area (Å²) in [7, 11) is 0. The molecule has 0 fully saturated rings. The maximum absolute atomic E-state index is 13.0. The summed E-state index contributed by atoms with van der Waals surface area (Å²) in [6.07, 6.45) is 3.27. The van der Waals surface area contributed by atoms with Crippen LogP contribution in [0.4, 0.5) is 5.69 Å². The van der Waals surface area contributed by atoms with E-state index in [9.17, 15) is 4.79 Å². The summed E-state index contributed by atoms with van der Waals surface area (Å²) < 4.78 is 0. The number of amides is 1. The first-order valence-electron chi connectivity index (χ1n) is 11.4. The highest BCUT2D eigenvalue weighted by atomic mass is 16.1. The van der Waals surface area contributed by atoms with E-state index in [1.54, 1.807) is 0 Å². The number of carbonyl (C=O) groups excluding carboxylic acids is 1. The van der Waals surface area contributed by atoms with E-state index in [2.05, 4.69) is 72.6 Å². The van der Waals surface area contributed by atoms with Crippen molar-refractivity contribution in [1.82, 2.24) is 5.32 Å². The number of benzene rings is 3. The Kier molecular flexibility index (Phi) is 6.71. The third-order valence-electron chi connectivity index (χ3n) is 6.01. The monoisotopic (exact) mass is 412 g/mol. The lowest BCUT2D eigenvalue weighted by Gasteiger charge is -2.31. The average molecular weight is 413 g/mol. The van der Waals surface area contributed by atoms with E-state index in [1.807, 2.05) is 30.3 Å². The van der Waals surface area contributed by atoms with Gasteiger partial charge < -0.3 is 10.2 Å². The van der Waals surface area contributed by atoms with Gasteiger partial charge in [0.1, 0.15) is 0 Å². The fourth-order valence-electron chi connectivity index (χ4n) is 4.43. The van der Waals surface area contributed by atoms with Crippen LogP contribution in [0.5, 0.6) is 0 Å². The zero-order valence-corrected chi connectivity index (χ0v) is 18.6. The molecule has 1 atom stereocenters. The first kappa shape index (κ1) is 21.2. The zero-order valence-electron chi connectivity index (χ0n) is 18.6. The molecule has 1 aliphatic heterocycles. The van der Waals surface area contributed by atoms with Crippen LogP contribution in [0.3, 0.4) is 0 Å². The molecule has 0 aromatic heterocycles. The van der Waals surface area contributed by atoms with E-state index in [0.717, 1.165) is 31.5 Å². The van der Waals surface area contributed by atoms with Gasteiger partial charge in [-0.25, -0.2) is 0 Å². The molecule has 0 saturated carbocycles. The lowest BCUT2D eigenvalue weighted by atomic mass is 9.96. The van der Waals surface area contributed by atoms with Crippen LogP contribution >= 0.6 is 0 Å². The smallest absolute Gasteiger partial charge is 0.251 e. The molecule has 3 aromatic rings. The van der Waals surface area contributed by atoms with Crippen LogP contribution in [0.15, 0.2) is 78.9 Å². The van der Waals surface area contributed by atoms with Crippen LogP contribution in [0, 0.1) is 5.92 Å². The van der Waals surface area contributed by atoms with Gasteiger partial charge in [-0.3, -0.25) is 4.79 Å². The van der Waals surface area contributed by atoms with Gasteiger partial charge in [0.15, 0.2) is 0 Å². The Hall–Kier alpha value is -3.07. The molecule has 160 valence electrons. The molecule has 4 rings (SSSR count). The van der Waals surface area contributed by atoms with Crippen molar-refractivity contribution in [3.8, 4) is 0 Å². The van der Waals surface area contributed by atoms with E-state index in [0.29, 0.717) is 11.5 Å². The van der Waals surface area contributed by atoms with Gasteiger partial charge in [-0.15, -0.1) is 0 Å². The maximum Gasteiger partial charge on any atom is 0.251 e. The molecule has 3 nitrogen and oxygen atoms in total. The number of aryl methyl sites for hydroxylation is 1. The van der Waals surface area contributed by atoms with Gasteiger partial charge in [0.2, 0.25) is 0 Å². The Morgan fingerprint density at radius 2 is 1.65 bits per heavy atom. The molecule has 0 radical (unpaired) electrons. The molecule has 1 heterocycles. The van der Waals surface area contributed by atoms with Crippen LogP contribution < -0.4 is 10.2 Å². The minimum Gasteiger partial charge on any atom is -0.367 e. The van der Waals surface area contributed by atoms with Crippen molar-refractivity contribution in [1.29, 1.82) is 0 Å². The second kappa shape index (κ2) is 9.82. The van der Waals surface area contributed by atoms with Crippen molar-refractivity contribution in [2.45, 2.75) is 45.7 Å². The summed E-state index contributed by atoms with van der Waals surface area (Å²) in [4.78, 5) is 15.4. The zero-order chi connectivity index (χ0) is 21.6. The molecule has 0 unspecified atom stereocenters. The molecule has 0 spiro atoms. The topological polar surface area (TPSA) is 32.3 Å². The van der Waals surface area contributed by atoms with E-state index in [4.69, 9.17) is 0 Å². The number of carbonyl (C=O) groups is 1. The molecule has 0 saturated heterocycles. The highest BCUT2D eigenvalue weighted by Gasteiger charge is 2.18. The standard InChI is InChI=1S/C28H32N2O/c1-21(2)19-26(23-9-4-3-5-10-23)29-28(31)25-16-14-22(15-17-25)20-30-18-8-12-24-11-6-7-13-27(24)30/h3-7,9-11,13-17,21,26H,8,12,18-20H2,1-2H3,(H,29,31)/t26-/m0/s1. The summed E-state index contributed by atoms with van der Waals surface area (Å²) in [5.74, 6) is 0.490. The Morgan fingerprint density at radius 3 is 2.39 bits per heavy atom. The van der Waals surface area contributed by atoms with E-state index < -0.39 is 0 Å². The predicted molar refractivity (Wildman–Crippen MR) is 128 cm³/mol. The minimum atomic E-state index is -0.00984. The minimum absolute atomic E-state index is 0.00984. The fraction of sp³-hybridized carbons (Fsp3) is 0.321. The first-order chi connectivity index (χ1) is 15.1. The van der Waals surface area contributed by atoms with Crippen molar-refractivity contribution < 1.29 is 4.79 Å². The molecule has 1 N–H and O–H groups in total. The van der Waals surface area contributed by atoms with Gasteiger partial charge in [-0.1, -0.05) is 74.5 Å². The van der Waals surface area contributed by atoms with Crippen LogP contribution in [-0.2, 0) is 13.0 Å². The van der Waals surface area contributed by atoms with E-state index in [-0.39, 0.29) is 11.9 Å². The van der Waals surface area contributed by atoms with Crippen molar-refractivity contribution >= 4 is 11.6 Å². The highest BCUT2D eigenvalue weighted by molar-refractivity contribution is 5.94. The molecule has 31 heavy (non-hydrogen) atoms. The third kappa shape index (κ3) is 5.35. The van der Waals surface area contributed by atoms with Crippen LogP contribution in [0.25, 0.3) is 0 Å². The van der Waals surface area contributed by atoms with Gasteiger partial charge in [0, 0.05) is 24.3 Å². The molecule has 1 amide bonds. The Labute approximate surface area is 186 Å². The van der Waals surface area contributed by atoms with Crippen LogP contribution in [0.2, 0.25) is 0 Å². The number of para-hydroxylation sites is 1. The number of fused-ring (bicyclic) bond motifs is 1. The van der Waals surface area contributed by atoms with Gasteiger partial charge in [0.25, 0.3) is 5.91 Å². The molecular formula is C28H32N2O. The van der Waals surface area contributed by atoms with E-state index in [1.165, 1.54) is 23.2 Å². The summed E-state index contributed by atoms with van der Waals surface area (Å²) in [5, 5.41) is 3.25. The molecule has 0 aliphatic carbocycles. The lowest BCUT2D eigenvalue weighted by Crippen LogP contribution is -2.30. The SMILES string of the molecule is CC(C)C[C@H](NC(=O)c1ccc(CN2CCCc3ccccc32)cc1)c1ccccc1. The predicted octanol–water partition coefficient (Wildman–Crippen LogP) is 6.16. The van der Waals surface area contributed by atoms with Gasteiger partial charge in [-0.2, -0.15) is 0 Å². The van der Waals surface area contributed by atoms with Crippen molar-refractivity contribution in [3.63, 3.8) is 0 Å². The fourth-order valence-corrected chi connectivity index (χ4v) is 4.43. The van der Waals surface area contributed by atoms with Gasteiger partial charge in [0.05, 0.1) is 6.04 Å². The Bertz CT molecular complexity index is 995. The Morgan fingerprint density at radius 1 is 0.935 bits per heavy atom. The number of hydrogen-bond acceptors (Lipinski definition) is 2. The average Bonchev–Trinajstić information content (AvgIpc) is 2.79. The molecule has 3 heteroatoms. The van der Waals surface area contributed by atoms with Gasteiger partial charge in [-0.05, 0) is 60.1 Å². The van der Waals surface area contributed by atoms with Crippen molar-refractivity contribution in [3.05, 3.63) is 101 Å². The van der Waals surface area contributed by atoms with E-state index >= 15 is 0 Å². The Balaban J connectivity index is 1.43. The largest absolute Gasteiger partial charge is 0.367 e.